The fraction of sp³-hybridized carbons (Fsp3) is 0.588. The second-order valence-electron chi connectivity index (χ2n) is 6.59. The number of amides is 3. The molecule has 1 rings (SSSR count). The maximum Gasteiger partial charge on any atom is 0.322 e. The van der Waals surface area contributed by atoms with Gasteiger partial charge in [-0.2, -0.15) is 0 Å². The van der Waals surface area contributed by atoms with E-state index in [4.69, 9.17) is 16.6 Å². The summed E-state index contributed by atoms with van der Waals surface area (Å²) in [7, 11) is 0. The highest BCUT2D eigenvalue weighted by molar-refractivity contribution is 5.93. The van der Waals surface area contributed by atoms with Crippen molar-refractivity contribution in [2.24, 2.45) is 11.5 Å². The first-order valence-electron chi connectivity index (χ1n) is 9.27. The van der Waals surface area contributed by atoms with E-state index in [-0.39, 0.29) is 12.8 Å². The van der Waals surface area contributed by atoms with Gasteiger partial charge in [-0.3, -0.25) is 19.2 Å². The Kier molecular flexibility index (Phi) is 10.3. The van der Waals surface area contributed by atoms with Crippen LogP contribution in [0.3, 0.4) is 0 Å². The summed E-state index contributed by atoms with van der Waals surface area (Å²) >= 11 is 0. The van der Waals surface area contributed by atoms with Gasteiger partial charge in [-0.25, -0.2) is 4.98 Å². The molecule has 12 heteroatoms. The van der Waals surface area contributed by atoms with E-state index in [2.05, 4.69) is 25.9 Å². The largest absolute Gasteiger partial charge is 0.480 e. The van der Waals surface area contributed by atoms with Gasteiger partial charge in [-0.15, -0.1) is 0 Å². The molecule has 0 aliphatic rings. The molecule has 0 saturated heterocycles. The van der Waals surface area contributed by atoms with Crippen molar-refractivity contribution >= 4 is 23.7 Å². The van der Waals surface area contributed by atoms with Crippen LogP contribution in [-0.4, -0.2) is 70.0 Å². The van der Waals surface area contributed by atoms with Crippen molar-refractivity contribution in [1.29, 1.82) is 0 Å². The third kappa shape index (κ3) is 9.17. The number of nitrogens with zero attached hydrogens (tertiary/aromatic N) is 1. The average molecular weight is 411 g/mol. The third-order valence-corrected chi connectivity index (χ3v) is 4.02. The lowest BCUT2D eigenvalue weighted by molar-refractivity contribution is -0.138. The summed E-state index contributed by atoms with van der Waals surface area (Å²) < 4.78 is 0. The summed E-state index contributed by atoms with van der Waals surface area (Å²) in [5, 5.41) is 16.1. The molecule has 9 N–H and O–H groups in total. The number of carboxylic acids is 1. The topological polar surface area (TPSA) is 205 Å². The molecule has 12 nitrogen and oxygen atoms in total. The van der Waals surface area contributed by atoms with Crippen molar-refractivity contribution in [3.05, 3.63) is 18.2 Å². The van der Waals surface area contributed by atoms with E-state index in [1.54, 1.807) is 0 Å². The minimum Gasteiger partial charge on any atom is -0.480 e. The lowest BCUT2D eigenvalue weighted by Gasteiger charge is -2.23. The lowest BCUT2D eigenvalue weighted by Crippen LogP contribution is -2.56. The van der Waals surface area contributed by atoms with E-state index in [0.717, 1.165) is 0 Å². The van der Waals surface area contributed by atoms with E-state index >= 15 is 0 Å². The van der Waals surface area contributed by atoms with Gasteiger partial charge in [0, 0.05) is 18.3 Å². The minimum atomic E-state index is -1.20. The number of nitrogens with two attached hydrogens (primary N) is 2. The molecule has 0 aromatic carbocycles. The van der Waals surface area contributed by atoms with E-state index < -0.39 is 48.4 Å². The fourth-order valence-corrected chi connectivity index (χ4v) is 2.45. The summed E-state index contributed by atoms with van der Waals surface area (Å²) in [4.78, 5) is 54.5. The molecule has 0 fully saturated rings. The molecule has 0 bridgehead atoms. The molecule has 1 heterocycles. The first-order chi connectivity index (χ1) is 13.7. The van der Waals surface area contributed by atoms with Crippen LogP contribution >= 0.6 is 0 Å². The summed E-state index contributed by atoms with van der Waals surface area (Å²) in [5.74, 6) is -2.96. The number of carbonyl (C=O) groups excluding carboxylic acids is 3. The minimum absolute atomic E-state index is 0.108. The van der Waals surface area contributed by atoms with Crippen LogP contribution in [0.5, 0.6) is 0 Å². The van der Waals surface area contributed by atoms with Crippen LogP contribution in [0.2, 0.25) is 0 Å². The van der Waals surface area contributed by atoms with Crippen molar-refractivity contribution < 1.29 is 24.3 Å². The molecule has 0 saturated carbocycles. The number of carbonyl (C=O) groups is 4. The molecule has 3 unspecified atom stereocenters. The predicted molar refractivity (Wildman–Crippen MR) is 103 cm³/mol. The van der Waals surface area contributed by atoms with E-state index in [1.165, 1.54) is 19.4 Å². The molecule has 0 aliphatic heterocycles. The first kappa shape index (κ1) is 24.0. The zero-order valence-electron chi connectivity index (χ0n) is 16.3. The Morgan fingerprint density at radius 3 is 2.38 bits per heavy atom. The molecule has 29 heavy (non-hydrogen) atoms. The summed E-state index contributed by atoms with van der Waals surface area (Å²) in [6, 6.07) is -2.80. The number of hydrogen-bond donors (Lipinski definition) is 7. The number of carboxylic acid groups (broad SMARTS) is 1. The number of imidazole rings is 1. The highest BCUT2D eigenvalue weighted by Crippen LogP contribution is 2.04. The molecule has 3 atom stereocenters. The van der Waals surface area contributed by atoms with E-state index in [9.17, 15) is 19.2 Å². The molecule has 162 valence electrons. The molecular weight excluding hydrogens is 382 g/mol. The zero-order valence-corrected chi connectivity index (χ0v) is 16.3. The Bertz CT molecular complexity index is 678. The lowest BCUT2D eigenvalue weighted by atomic mass is 10.1. The van der Waals surface area contributed by atoms with Gasteiger partial charge in [0.15, 0.2) is 0 Å². The number of rotatable bonds is 13. The van der Waals surface area contributed by atoms with Gasteiger partial charge < -0.3 is 37.5 Å². The van der Waals surface area contributed by atoms with Crippen LogP contribution in [0, 0.1) is 0 Å². The van der Waals surface area contributed by atoms with Crippen molar-refractivity contribution in [3.63, 3.8) is 0 Å². The van der Waals surface area contributed by atoms with E-state index in [0.29, 0.717) is 25.1 Å². The number of aromatic amines is 1. The van der Waals surface area contributed by atoms with E-state index in [1.807, 2.05) is 0 Å². The first-order valence-corrected chi connectivity index (χ1v) is 9.27. The van der Waals surface area contributed by atoms with Crippen LogP contribution in [0.25, 0.3) is 0 Å². The van der Waals surface area contributed by atoms with Crippen molar-refractivity contribution in [2.75, 3.05) is 13.1 Å². The second kappa shape index (κ2) is 12.5. The summed E-state index contributed by atoms with van der Waals surface area (Å²) in [5.41, 5.74) is 11.6. The average Bonchev–Trinajstić information content (AvgIpc) is 3.17. The van der Waals surface area contributed by atoms with Gasteiger partial charge in [0.05, 0.1) is 12.4 Å². The standard InChI is InChI=1S/C17H29N7O5/c1-10(19)15(27)24-13(6-11-7-20-9-22-11)17(29)23-12(4-2-3-5-18)16(28)21-8-14(25)26/h7,9-10,12-13H,2-6,8,18-19H2,1H3,(H,20,22)(H,21,28)(H,23,29)(H,24,27)(H,25,26). The van der Waals surface area contributed by atoms with Crippen molar-refractivity contribution in [1.82, 2.24) is 25.9 Å². The molecule has 0 aliphatic carbocycles. The predicted octanol–water partition coefficient (Wildman–Crippen LogP) is -2.40. The zero-order chi connectivity index (χ0) is 21.8. The Morgan fingerprint density at radius 1 is 1.14 bits per heavy atom. The Labute approximate surface area is 168 Å². The SMILES string of the molecule is CC(N)C(=O)NC(Cc1cnc[nH]1)C(=O)NC(CCCCN)C(=O)NCC(=O)O. The van der Waals surface area contributed by atoms with Crippen molar-refractivity contribution in [3.8, 4) is 0 Å². The number of aromatic nitrogens is 2. The van der Waals surface area contributed by atoms with Crippen LogP contribution in [0.15, 0.2) is 12.5 Å². The van der Waals surface area contributed by atoms with Gasteiger partial charge in [-0.05, 0) is 32.7 Å². The molecule has 0 radical (unpaired) electrons. The van der Waals surface area contributed by atoms with Crippen LogP contribution < -0.4 is 27.4 Å². The maximum atomic E-state index is 12.8. The Hall–Kier alpha value is -2.99. The number of aliphatic carboxylic acids is 1. The molecule has 0 spiro atoms. The van der Waals surface area contributed by atoms with Gasteiger partial charge in [-0.1, -0.05) is 0 Å². The van der Waals surface area contributed by atoms with Crippen LogP contribution in [0.1, 0.15) is 31.9 Å². The van der Waals surface area contributed by atoms with Gasteiger partial charge in [0.1, 0.15) is 18.6 Å². The highest BCUT2D eigenvalue weighted by atomic mass is 16.4. The quantitative estimate of drug-likeness (QED) is 0.174. The molecule has 3 amide bonds. The van der Waals surface area contributed by atoms with Crippen LogP contribution in [0.4, 0.5) is 0 Å². The molecule has 1 aromatic heterocycles. The van der Waals surface area contributed by atoms with Gasteiger partial charge in [0.2, 0.25) is 17.7 Å². The maximum absolute atomic E-state index is 12.8. The van der Waals surface area contributed by atoms with Crippen LogP contribution in [-0.2, 0) is 25.6 Å². The summed E-state index contributed by atoms with van der Waals surface area (Å²) in [6.45, 7) is 1.33. The summed E-state index contributed by atoms with van der Waals surface area (Å²) in [6.07, 6.45) is 4.52. The monoisotopic (exact) mass is 411 g/mol. The van der Waals surface area contributed by atoms with Crippen molar-refractivity contribution in [2.45, 2.75) is 50.7 Å². The smallest absolute Gasteiger partial charge is 0.322 e. The molecular formula is C17H29N7O5. The number of hydrogen-bond acceptors (Lipinski definition) is 7. The normalized spacial score (nSPS) is 13.8. The van der Waals surface area contributed by atoms with Gasteiger partial charge in [0.25, 0.3) is 0 Å². The second-order valence-corrected chi connectivity index (χ2v) is 6.59. The Balaban J connectivity index is 2.87. The fourth-order valence-electron chi connectivity index (χ4n) is 2.45. The third-order valence-electron chi connectivity index (χ3n) is 4.02. The Morgan fingerprint density at radius 2 is 1.83 bits per heavy atom. The number of nitrogens with one attached hydrogen (secondary N) is 4. The van der Waals surface area contributed by atoms with Gasteiger partial charge >= 0.3 is 5.97 Å². The highest BCUT2D eigenvalue weighted by Gasteiger charge is 2.28. The number of unbranched alkanes of at least 4 members (excludes halogenated alkanes) is 1. The number of H-pyrrole nitrogens is 1. The molecule has 1 aromatic rings.